The monoisotopic (exact) mass is 347 g/mol. The predicted octanol–water partition coefficient (Wildman–Crippen LogP) is 2.60. The van der Waals surface area contributed by atoms with Gasteiger partial charge in [0.1, 0.15) is 11.3 Å². The van der Waals surface area contributed by atoms with Crippen LogP contribution in [0.2, 0.25) is 0 Å². The van der Waals surface area contributed by atoms with Crippen LogP contribution in [0.5, 0.6) is 0 Å². The first kappa shape index (κ1) is 19.0. The van der Waals surface area contributed by atoms with E-state index in [2.05, 4.69) is 17.8 Å². The molecule has 7 heteroatoms. The lowest BCUT2D eigenvalue weighted by Gasteiger charge is -2.19. The van der Waals surface area contributed by atoms with E-state index in [0.29, 0.717) is 30.2 Å². The van der Waals surface area contributed by atoms with Gasteiger partial charge in [0.15, 0.2) is 0 Å². The number of hydrogen-bond donors (Lipinski definition) is 3. The molecular formula is C18H25N3O4. The van der Waals surface area contributed by atoms with Crippen LogP contribution in [-0.4, -0.2) is 29.1 Å². The number of unbranched alkanes of at least 4 members (excludes halogenated alkanes) is 2. The van der Waals surface area contributed by atoms with Crippen molar-refractivity contribution in [3.8, 4) is 0 Å². The van der Waals surface area contributed by atoms with Gasteiger partial charge in [-0.3, -0.25) is 20.2 Å². The third-order valence-corrected chi connectivity index (χ3v) is 4.01. The largest absolute Gasteiger partial charge is 0.460 e. The van der Waals surface area contributed by atoms with Gasteiger partial charge in [0.2, 0.25) is 12.3 Å². The number of nitrogens with one attached hydrogen (secondary N) is 2. The molecule has 7 nitrogen and oxygen atoms in total. The highest BCUT2D eigenvalue weighted by atomic mass is 16.5. The van der Waals surface area contributed by atoms with Crippen LogP contribution >= 0.6 is 0 Å². The van der Waals surface area contributed by atoms with Gasteiger partial charge in [0.25, 0.3) is 0 Å². The number of nitrogens with zero attached hydrogens (tertiary/aromatic N) is 1. The molecule has 0 unspecified atom stereocenters. The lowest BCUT2D eigenvalue weighted by molar-refractivity contribution is -0.154. The van der Waals surface area contributed by atoms with E-state index >= 15 is 0 Å². The number of hydrazine groups is 1. The Morgan fingerprint density at radius 3 is 2.88 bits per heavy atom. The lowest BCUT2D eigenvalue weighted by Crippen LogP contribution is -2.44. The maximum atomic E-state index is 12.3. The van der Waals surface area contributed by atoms with Crippen molar-refractivity contribution in [3.63, 3.8) is 0 Å². The summed E-state index contributed by atoms with van der Waals surface area (Å²) in [5.74, 6) is -0.0150. The summed E-state index contributed by atoms with van der Waals surface area (Å²) < 4.78 is 5.66. The molecule has 0 spiro atoms. The second-order valence-electron chi connectivity index (χ2n) is 6.01. The van der Waals surface area contributed by atoms with E-state index in [0.717, 1.165) is 30.2 Å². The zero-order chi connectivity index (χ0) is 18.1. The number of benzene rings is 1. The molecular weight excluding hydrogens is 322 g/mol. The Bertz CT molecular complexity index is 653. The van der Waals surface area contributed by atoms with E-state index in [1.54, 1.807) is 0 Å². The van der Waals surface area contributed by atoms with Gasteiger partial charge in [0.05, 0.1) is 19.0 Å². The van der Waals surface area contributed by atoms with E-state index in [-0.39, 0.29) is 12.5 Å². The van der Waals surface area contributed by atoms with Crippen molar-refractivity contribution in [1.29, 1.82) is 0 Å². The van der Waals surface area contributed by atoms with E-state index in [1.807, 2.05) is 30.3 Å². The average Bonchev–Trinajstić information content (AvgIpc) is 3.03. The molecule has 1 atom stereocenters. The van der Waals surface area contributed by atoms with Gasteiger partial charge < -0.3 is 4.42 Å². The normalized spacial score (nSPS) is 12.1. The maximum Gasteiger partial charge on any atom is 0.239 e. The van der Waals surface area contributed by atoms with Gasteiger partial charge >= 0.3 is 0 Å². The smallest absolute Gasteiger partial charge is 0.239 e. The van der Waals surface area contributed by atoms with Gasteiger partial charge in [-0.1, -0.05) is 44.4 Å². The highest BCUT2D eigenvalue weighted by molar-refractivity contribution is 5.79. The summed E-state index contributed by atoms with van der Waals surface area (Å²) >= 11 is 0. The van der Waals surface area contributed by atoms with Gasteiger partial charge in [0, 0.05) is 5.39 Å². The molecule has 0 radical (unpaired) electrons. The summed E-state index contributed by atoms with van der Waals surface area (Å²) in [5, 5.41) is 10.9. The van der Waals surface area contributed by atoms with Gasteiger partial charge in [-0.25, -0.2) is 10.5 Å². The van der Waals surface area contributed by atoms with Crippen LogP contribution in [0, 0.1) is 5.92 Å². The Labute approximate surface area is 146 Å². The molecule has 0 aliphatic heterocycles. The number of amides is 2. The first-order valence-electron chi connectivity index (χ1n) is 8.55. The molecule has 0 saturated carbocycles. The summed E-state index contributed by atoms with van der Waals surface area (Å²) in [5.41, 5.74) is 6.27. The molecule has 25 heavy (non-hydrogen) atoms. The molecule has 1 aromatic heterocycles. The fraction of sp³-hybridized carbons (Fsp3) is 0.444. The second kappa shape index (κ2) is 9.80. The Kier molecular flexibility index (Phi) is 7.43. The number of rotatable bonds is 11. The van der Waals surface area contributed by atoms with Crippen molar-refractivity contribution in [2.24, 2.45) is 5.92 Å². The standard InChI is InChI=1S/C18H25N3O4/c1-2-3-4-8-15(12-21(24)13-22)18(23)20-19-11-16-10-14-7-5-6-9-17(14)25-16/h5-7,9-10,13,15,19,24H,2-4,8,11-12H2,1H3,(H,20,23)/t15-/m1/s1. The molecule has 0 fully saturated rings. The highest BCUT2D eigenvalue weighted by Gasteiger charge is 2.20. The molecule has 3 N–H and O–H groups in total. The van der Waals surface area contributed by atoms with Crippen LogP contribution in [-0.2, 0) is 16.1 Å². The lowest BCUT2D eigenvalue weighted by atomic mass is 10.0. The molecule has 1 aromatic carbocycles. The minimum absolute atomic E-state index is 0.0225. The van der Waals surface area contributed by atoms with Crippen molar-refractivity contribution in [1.82, 2.24) is 15.9 Å². The SMILES string of the molecule is CCCCC[C@H](CN(O)C=O)C(=O)NNCc1cc2ccccc2o1. The zero-order valence-electron chi connectivity index (χ0n) is 14.4. The number of furan rings is 1. The first-order valence-corrected chi connectivity index (χ1v) is 8.55. The summed E-state index contributed by atoms with van der Waals surface area (Å²) in [6.07, 6.45) is 3.82. The Balaban J connectivity index is 1.84. The van der Waals surface area contributed by atoms with Crippen LogP contribution in [0.15, 0.2) is 34.7 Å². The Morgan fingerprint density at radius 1 is 1.36 bits per heavy atom. The van der Waals surface area contributed by atoms with Crippen LogP contribution in [0.1, 0.15) is 38.4 Å². The third-order valence-electron chi connectivity index (χ3n) is 4.01. The molecule has 2 aromatic rings. The zero-order valence-corrected chi connectivity index (χ0v) is 14.4. The maximum absolute atomic E-state index is 12.3. The summed E-state index contributed by atoms with van der Waals surface area (Å²) in [7, 11) is 0. The quantitative estimate of drug-likeness (QED) is 0.251. The van der Waals surface area contributed by atoms with Crippen LogP contribution in [0.3, 0.4) is 0 Å². The number of carbonyl (C=O) groups is 2. The number of hydrogen-bond acceptors (Lipinski definition) is 5. The van der Waals surface area contributed by atoms with E-state index in [1.165, 1.54) is 0 Å². The molecule has 0 saturated heterocycles. The number of carbonyl (C=O) groups excluding carboxylic acids is 2. The average molecular weight is 347 g/mol. The topological polar surface area (TPSA) is 94.8 Å². The number of fused-ring (bicyclic) bond motifs is 1. The summed E-state index contributed by atoms with van der Waals surface area (Å²) in [6.45, 7) is 2.40. The van der Waals surface area contributed by atoms with Crippen molar-refractivity contribution in [2.45, 2.75) is 39.2 Å². The minimum Gasteiger partial charge on any atom is -0.460 e. The molecule has 0 aliphatic carbocycles. The molecule has 1 heterocycles. The number of para-hydroxylation sites is 1. The van der Waals surface area contributed by atoms with Crippen molar-refractivity contribution >= 4 is 23.3 Å². The molecule has 136 valence electrons. The van der Waals surface area contributed by atoms with Crippen LogP contribution in [0.25, 0.3) is 11.0 Å². The van der Waals surface area contributed by atoms with Gasteiger partial charge in [-0.05, 0) is 18.6 Å². The van der Waals surface area contributed by atoms with Crippen molar-refractivity contribution in [2.75, 3.05) is 6.54 Å². The number of hydroxylamine groups is 2. The van der Waals surface area contributed by atoms with Crippen LogP contribution < -0.4 is 10.9 Å². The molecule has 2 amide bonds. The fourth-order valence-corrected chi connectivity index (χ4v) is 2.66. The minimum atomic E-state index is -0.468. The van der Waals surface area contributed by atoms with E-state index < -0.39 is 5.92 Å². The molecule has 0 bridgehead atoms. The molecule has 0 aliphatic rings. The molecule has 2 rings (SSSR count). The first-order chi connectivity index (χ1) is 12.1. The third kappa shape index (κ3) is 5.88. The van der Waals surface area contributed by atoms with Gasteiger partial charge in [-0.2, -0.15) is 0 Å². The van der Waals surface area contributed by atoms with E-state index in [4.69, 9.17) is 4.42 Å². The Morgan fingerprint density at radius 2 is 2.16 bits per heavy atom. The summed E-state index contributed by atoms with van der Waals surface area (Å²) in [4.78, 5) is 22.9. The Hall–Kier alpha value is -2.38. The van der Waals surface area contributed by atoms with Crippen molar-refractivity contribution < 1.29 is 19.2 Å². The van der Waals surface area contributed by atoms with E-state index in [9.17, 15) is 14.8 Å². The van der Waals surface area contributed by atoms with Gasteiger partial charge in [-0.15, -0.1) is 0 Å². The highest BCUT2D eigenvalue weighted by Crippen LogP contribution is 2.18. The van der Waals surface area contributed by atoms with Crippen molar-refractivity contribution in [3.05, 3.63) is 36.1 Å². The van der Waals surface area contributed by atoms with Crippen LogP contribution in [0.4, 0.5) is 0 Å². The fourth-order valence-electron chi connectivity index (χ4n) is 2.66. The predicted molar refractivity (Wildman–Crippen MR) is 93.4 cm³/mol. The summed E-state index contributed by atoms with van der Waals surface area (Å²) in [6, 6.07) is 9.59. The second-order valence-corrected chi connectivity index (χ2v) is 6.01.